The molecule has 0 amide bonds. The molecular weight excluding hydrogens is 218 g/mol. The Morgan fingerprint density at radius 2 is 1.94 bits per heavy atom. The molecule has 0 aromatic heterocycles. The van der Waals surface area contributed by atoms with Crippen LogP contribution < -0.4 is 5.32 Å². The van der Waals surface area contributed by atoms with Gasteiger partial charge >= 0.3 is 0 Å². The van der Waals surface area contributed by atoms with Gasteiger partial charge in [0.25, 0.3) is 0 Å². The number of hydrogen-bond donors (Lipinski definition) is 2. The van der Waals surface area contributed by atoms with Crippen molar-refractivity contribution in [2.45, 2.75) is 56.5 Å². The van der Waals surface area contributed by atoms with Crippen molar-refractivity contribution in [2.24, 2.45) is 5.92 Å². The maximum absolute atomic E-state index is 10.2. The van der Waals surface area contributed by atoms with Crippen LogP contribution in [0.4, 0.5) is 0 Å². The summed E-state index contributed by atoms with van der Waals surface area (Å²) in [7, 11) is 0. The van der Waals surface area contributed by atoms with Crippen LogP contribution in [-0.4, -0.2) is 42.8 Å². The highest BCUT2D eigenvalue weighted by molar-refractivity contribution is 4.94. The van der Waals surface area contributed by atoms with Crippen LogP contribution in [-0.2, 0) is 9.47 Å². The van der Waals surface area contributed by atoms with Crippen molar-refractivity contribution in [1.82, 2.24) is 5.32 Å². The zero-order valence-electron chi connectivity index (χ0n) is 10.4. The lowest BCUT2D eigenvalue weighted by molar-refractivity contribution is -0.205. The van der Waals surface area contributed by atoms with Crippen LogP contribution in [0.15, 0.2) is 0 Å². The summed E-state index contributed by atoms with van der Waals surface area (Å²) in [6.45, 7) is 2.50. The van der Waals surface area contributed by atoms with Gasteiger partial charge in [-0.15, -0.1) is 0 Å². The summed E-state index contributed by atoms with van der Waals surface area (Å²) >= 11 is 0. The third-order valence-corrected chi connectivity index (χ3v) is 4.54. The van der Waals surface area contributed by atoms with E-state index in [2.05, 4.69) is 5.32 Å². The van der Waals surface area contributed by atoms with E-state index >= 15 is 0 Å². The summed E-state index contributed by atoms with van der Waals surface area (Å²) in [5.74, 6) is -0.0783. The Balaban J connectivity index is 1.68. The normalized spacial score (nSPS) is 41.8. The first-order valence-corrected chi connectivity index (χ1v) is 6.98. The molecule has 17 heavy (non-hydrogen) atoms. The van der Waals surface area contributed by atoms with Crippen molar-refractivity contribution in [3.8, 4) is 0 Å². The fourth-order valence-corrected chi connectivity index (χ4v) is 3.59. The Bertz CT molecular complexity index is 259. The monoisotopic (exact) mass is 241 g/mol. The van der Waals surface area contributed by atoms with Crippen molar-refractivity contribution in [1.29, 1.82) is 0 Å². The lowest BCUT2D eigenvalue weighted by Crippen LogP contribution is -2.51. The minimum atomic E-state index is -0.372. The SMILES string of the molecule is OC1CCC2(CC1C1CCCCN1)OCCO2. The van der Waals surface area contributed by atoms with Crippen LogP contribution in [0, 0.1) is 5.92 Å². The summed E-state index contributed by atoms with van der Waals surface area (Å²) in [6.07, 6.45) is 6.03. The molecule has 3 rings (SSSR count). The van der Waals surface area contributed by atoms with Gasteiger partial charge in [-0.05, 0) is 25.8 Å². The van der Waals surface area contributed by atoms with E-state index in [1.54, 1.807) is 0 Å². The van der Waals surface area contributed by atoms with Gasteiger partial charge in [-0.3, -0.25) is 0 Å². The Kier molecular flexibility index (Phi) is 3.39. The molecule has 1 spiro atoms. The maximum Gasteiger partial charge on any atom is 0.169 e. The van der Waals surface area contributed by atoms with Crippen LogP contribution in [0.1, 0.15) is 38.5 Å². The van der Waals surface area contributed by atoms with Crippen LogP contribution >= 0.6 is 0 Å². The van der Waals surface area contributed by atoms with Crippen molar-refractivity contribution in [3.63, 3.8) is 0 Å². The number of piperidine rings is 1. The highest BCUT2D eigenvalue weighted by Crippen LogP contribution is 2.41. The maximum atomic E-state index is 10.2. The number of ether oxygens (including phenoxy) is 2. The van der Waals surface area contributed by atoms with Gasteiger partial charge in [0.2, 0.25) is 0 Å². The molecular formula is C13H23NO3. The predicted molar refractivity (Wildman–Crippen MR) is 63.6 cm³/mol. The third kappa shape index (κ3) is 2.36. The molecule has 3 fully saturated rings. The molecule has 0 aromatic carbocycles. The molecule has 1 aliphatic carbocycles. The molecule has 2 N–H and O–H groups in total. The van der Waals surface area contributed by atoms with Crippen LogP contribution in [0.3, 0.4) is 0 Å². The molecule has 3 aliphatic rings. The van der Waals surface area contributed by atoms with Crippen molar-refractivity contribution < 1.29 is 14.6 Å². The average molecular weight is 241 g/mol. The molecule has 0 bridgehead atoms. The minimum Gasteiger partial charge on any atom is -0.393 e. The Labute approximate surface area is 103 Å². The van der Waals surface area contributed by atoms with Crippen LogP contribution in [0.25, 0.3) is 0 Å². The largest absolute Gasteiger partial charge is 0.393 e. The molecule has 2 heterocycles. The van der Waals surface area contributed by atoms with Gasteiger partial charge in [-0.2, -0.15) is 0 Å². The highest BCUT2D eigenvalue weighted by Gasteiger charge is 2.46. The van der Waals surface area contributed by atoms with E-state index in [-0.39, 0.29) is 11.9 Å². The zero-order valence-corrected chi connectivity index (χ0v) is 10.4. The molecule has 2 saturated heterocycles. The van der Waals surface area contributed by atoms with E-state index in [9.17, 15) is 5.11 Å². The van der Waals surface area contributed by atoms with E-state index in [4.69, 9.17) is 9.47 Å². The molecule has 98 valence electrons. The molecule has 1 saturated carbocycles. The number of nitrogens with one attached hydrogen (secondary N) is 1. The first kappa shape index (κ1) is 11.9. The van der Waals surface area contributed by atoms with Gasteiger partial charge in [-0.25, -0.2) is 0 Å². The Morgan fingerprint density at radius 3 is 2.65 bits per heavy atom. The number of rotatable bonds is 1. The van der Waals surface area contributed by atoms with E-state index in [0.717, 1.165) is 25.8 Å². The summed E-state index contributed by atoms with van der Waals surface area (Å²) in [6, 6.07) is 0.448. The lowest BCUT2D eigenvalue weighted by atomic mass is 9.76. The van der Waals surface area contributed by atoms with Crippen molar-refractivity contribution in [2.75, 3.05) is 19.8 Å². The average Bonchev–Trinajstić information content (AvgIpc) is 2.82. The third-order valence-electron chi connectivity index (χ3n) is 4.54. The second-order valence-electron chi connectivity index (χ2n) is 5.64. The van der Waals surface area contributed by atoms with Gasteiger partial charge in [-0.1, -0.05) is 6.42 Å². The number of hydrogen-bond acceptors (Lipinski definition) is 4. The van der Waals surface area contributed by atoms with Crippen LogP contribution in [0.5, 0.6) is 0 Å². The van der Waals surface area contributed by atoms with Gasteiger partial charge in [0.1, 0.15) is 0 Å². The van der Waals surface area contributed by atoms with Gasteiger partial charge in [0, 0.05) is 24.8 Å². The van der Waals surface area contributed by atoms with Crippen molar-refractivity contribution in [3.05, 3.63) is 0 Å². The highest BCUT2D eigenvalue weighted by atomic mass is 16.7. The minimum absolute atomic E-state index is 0.191. The van der Waals surface area contributed by atoms with E-state index < -0.39 is 0 Å². The molecule has 3 atom stereocenters. The Hall–Kier alpha value is -0.160. The van der Waals surface area contributed by atoms with E-state index in [0.29, 0.717) is 25.2 Å². The van der Waals surface area contributed by atoms with Crippen molar-refractivity contribution >= 4 is 0 Å². The lowest BCUT2D eigenvalue weighted by Gasteiger charge is -2.43. The molecule has 4 heteroatoms. The predicted octanol–water partition coefficient (Wildman–Crippen LogP) is 1.03. The summed E-state index contributed by atoms with van der Waals surface area (Å²) < 4.78 is 11.6. The van der Waals surface area contributed by atoms with Gasteiger partial charge < -0.3 is 19.9 Å². The van der Waals surface area contributed by atoms with E-state index in [1.807, 2.05) is 0 Å². The smallest absolute Gasteiger partial charge is 0.169 e. The fourth-order valence-electron chi connectivity index (χ4n) is 3.59. The molecule has 3 unspecified atom stereocenters. The van der Waals surface area contributed by atoms with Gasteiger partial charge in [0.15, 0.2) is 5.79 Å². The molecule has 2 aliphatic heterocycles. The molecule has 0 radical (unpaired) electrons. The zero-order chi connectivity index (χ0) is 11.7. The van der Waals surface area contributed by atoms with Crippen LogP contribution in [0.2, 0.25) is 0 Å². The summed E-state index contributed by atoms with van der Waals surface area (Å²) in [5, 5.41) is 13.8. The summed E-state index contributed by atoms with van der Waals surface area (Å²) in [4.78, 5) is 0. The summed E-state index contributed by atoms with van der Waals surface area (Å²) in [5.41, 5.74) is 0. The van der Waals surface area contributed by atoms with Gasteiger partial charge in [0.05, 0.1) is 19.3 Å². The first-order valence-electron chi connectivity index (χ1n) is 6.98. The standard InChI is InChI=1S/C13H23NO3/c15-12-4-5-13(16-7-8-17-13)9-10(12)11-3-1-2-6-14-11/h10-12,14-15H,1-9H2. The molecule has 0 aromatic rings. The Morgan fingerprint density at radius 1 is 1.12 bits per heavy atom. The first-order chi connectivity index (χ1) is 8.29. The second-order valence-corrected chi connectivity index (χ2v) is 5.64. The topological polar surface area (TPSA) is 50.7 Å². The fraction of sp³-hybridized carbons (Fsp3) is 1.00. The molecule has 4 nitrogen and oxygen atoms in total. The van der Waals surface area contributed by atoms with E-state index in [1.165, 1.54) is 19.3 Å². The second kappa shape index (κ2) is 4.84. The quantitative estimate of drug-likeness (QED) is 0.720. The number of aliphatic hydroxyl groups excluding tert-OH is 1. The number of aliphatic hydroxyl groups is 1.